The second kappa shape index (κ2) is 12.0. The van der Waals surface area contributed by atoms with Gasteiger partial charge in [-0.25, -0.2) is 9.59 Å². The van der Waals surface area contributed by atoms with E-state index in [0.29, 0.717) is 19.5 Å². The van der Waals surface area contributed by atoms with Gasteiger partial charge in [0, 0.05) is 18.7 Å². The van der Waals surface area contributed by atoms with Crippen LogP contribution in [-0.4, -0.2) is 74.8 Å². The Kier molecular flexibility index (Phi) is 8.29. The van der Waals surface area contributed by atoms with E-state index >= 15 is 0 Å². The number of ether oxygens (including phenoxy) is 2. The number of hydrogen-bond acceptors (Lipinski definition) is 7. The first-order chi connectivity index (χ1) is 19.4. The van der Waals surface area contributed by atoms with E-state index < -0.39 is 52.4 Å². The van der Waals surface area contributed by atoms with E-state index in [1.807, 2.05) is 60.7 Å². The van der Waals surface area contributed by atoms with Crippen molar-refractivity contribution >= 4 is 35.2 Å². The molecule has 4 atom stereocenters. The number of benzene rings is 2. The van der Waals surface area contributed by atoms with Gasteiger partial charge in [-0.3, -0.25) is 18.7 Å². The van der Waals surface area contributed by atoms with E-state index in [1.54, 1.807) is 11.8 Å². The van der Waals surface area contributed by atoms with E-state index in [2.05, 4.69) is 5.32 Å². The van der Waals surface area contributed by atoms with Crippen LogP contribution in [0.5, 0.6) is 0 Å². The summed E-state index contributed by atoms with van der Waals surface area (Å²) in [4.78, 5) is 53.8. The molecule has 0 saturated carbocycles. The lowest BCUT2D eigenvalue weighted by Gasteiger charge is -2.49. The fraction of sp³-hybridized carbons (Fsp3) is 0.379. The number of nitrogens with zero attached hydrogens (tertiary/aromatic N) is 2. The summed E-state index contributed by atoms with van der Waals surface area (Å²) in [5.41, 5.74) is 1.58. The summed E-state index contributed by atoms with van der Waals surface area (Å²) in [7, 11) is -1.66. The third-order valence-electron chi connectivity index (χ3n) is 7.41. The van der Waals surface area contributed by atoms with Gasteiger partial charge in [0.15, 0.2) is 6.10 Å². The molecular weight excluding hydrogens is 534 g/mol. The fourth-order valence-electron chi connectivity index (χ4n) is 5.32. The minimum atomic E-state index is -1.66. The third-order valence-corrected chi connectivity index (χ3v) is 9.03. The summed E-state index contributed by atoms with van der Waals surface area (Å²) < 4.78 is 25.0. The van der Waals surface area contributed by atoms with Crippen LogP contribution >= 0.6 is 0 Å². The molecule has 11 heteroatoms. The molecule has 3 unspecified atom stereocenters. The molecule has 3 aliphatic heterocycles. The summed E-state index contributed by atoms with van der Waals surface area (Å²) in [5.74, 6) is -1.51. The predicted octanol–water partition coefficient (Wildman–Crippen LogP) is 2.63. The van der Waals surface area contributed by atoms with E-state index in [0.717, 1.165) is 35.3 Å². The van der Waals surface area contributed by atoms with E-state index in [4.69, 9.17) is 9.47 Å². The first-order valence-corrected chi connectivity index (χ1v) is 14.7. The quantitative estimate of drug-likeness (QED) is 0.297. The number of rotatable bonds is 8. The maximum absolute atomic E-state index is 14.0. The Hall–Kier alpha value is -3.99. The molecule has 3 aliphatic rings. The Morgan fingerprint density at radius 3 is 2.15 bits per heavy atom. The predicted molar refractivity (Wildman–Crippen MR) is 146 cm³/mol. The van der Waals surface area contributed by atoms with Crippen molar-refractivity contribution in [2.45, 2.75) is 49.8 Å². The molecule has 0 spiro atoms. The summed E-state index contributed by atoms with van der Waals surface area (Å²) >= 11 is 0. The van der Waals surface area contributed by atoms with Crippen LogP contribution in [0.3, 0.4) is 0 Å². The van der Waals surface area contributed by atoms with Crippen molar-refractivity contribution < 1.29 is 32.9 Å². The monoisotopic (exact) mass is 565 g/mol. The van der Waals surface area contributed by atoms with Crippen molar-refractivity contribution in [3.05, 3.63) is 83.1 Å². The zero-order chi connectivity index (χ0) is 28.2. The highest BCUT2D eigenvalue weighted by Gasteiger charge is 2.57. The van der Waals surface area contributed by atoms with Crippen LogP contribution in [0.1, 0.15) is 43.4 Å². The maximum Gasteiger partial charge on any atom is 0.410 e. The summed E-state index contributed by atoms with van der Waals surface area (Å²) in [6, 6.07) is 17.4. The molecule has 3 amide bonds. The Morgan fingerprint density at radius 2 is 1.57 bits per heavy atom. The Balaban J connectivity index is 1.50. The van der Waals surface area contributed by atoms with Gasteiger partial charge in [0.25, 0.3) is 5.91 Å². The largest absolute Gasteiger partial charge is 0.448 e. The van der Waals surface area contributed by atoms with Gasteiger partial charge in [-0.1, -0.05) is 60.7 Å². The van der Waals surface area contributed by atoms with Gasteiger partial charge in [0.05, 0.1) is 16.6 Å². The zero-order valence-corrected chi connectivity index (χ0v) is 22.9. The topological polar surface area (TPSA) is 122 Å². The molecule has 2 aromatic carbocycles. The fourth-order valence-corrected chi connectivity index (χ4v) is 7.11. The van der Waals surface area contributed by atoms with Gasteiger partial charge in [-0.05, 0) is 37.3 Å². The number of piperidine rings is 1. The molecule has 210 valence electrons. The molecule has 0 bridgehead atoms. The van der Waals surface area contributed by atoms with Crippen molar-refractivity contribution in [2.75, 3.05) is 18.8 Å². The number of carbonyl (C=O) groups excluding carboxylic acids is 4. The highest BCUT2D eigenvalue weighted by molar-refractivity contribution is 7.86. The van der Waals surface area contributed by atoms with Crippen molar-refractivity contribution in [1.29, 1.82) is 0 Å². The van der Waals surface area contributed by atoms with Crippen molar-refractivity contribution in [2.24, 2.45) is 0 Å². The van der Waals surface area contributed by atoms with Crippen LogP contribution in [0.4, 0.5) is 4.79 Å². The van der Waals surface area contributed by atoms with E-state index in [1.165, 1.54) is 0 Å². The lowest BCUT2D eigenvalue weighted by molar-refractivity contribution is -0.154. The molecule has 0 radical (unpaired) electrons. The highest BCUT2D eigenvalue weighted by Crippen LogP contribution is 2.38. The number of carbonyl (C=O) groups is 4. The molecule has 0 aliphatic carbocycles. The Morgan fingerprint density at radius 1 is 0.975 bits per heavy atom. The van der Waals surface area contributed by atoms with Gasteiger partial charge in [0.1, 0.15) is 23.2 Å². The van der Waals surface area contributed by atoms with Crippen molar-refractivity contribution in [3.63, 3.8) is 0 Å². The van der Waals surface area contributed by atoms with Crippen LogP contribution in [0.25, 0.3) is 0 Å². The normalized spacial score (nSPS) is 23.1. The number of hydrogen-bond donors (Lipinski definition) is 1. The van der Waals surface area contributed by atoms with Crippen molar-refractivity contribution in [3.8, 4) is 0 Å². The maximum atomic E-state index is 14.0. The summed E-state index contributed by atoms with van der Waals surface area (Å²) in [5, 5.41) is 1.47. The number of β-lactam (4-membered cyclic amide) rings is 1. The van der Waals surface area contributed by atoms with E-state index in [-0.39, 0.29) is 17.0 Å². The molecule has 10 nitrogen and oxygen atoms in total. The van der Waals surface area contributed by atoms with Crippen LogP contribution in [0, 0.1) is 0 Å². The molecule has 2 aromatic rings. The molecule has 40 heavy (non-hydrogen) atoms. The number of esters is 1. The van der Waals surface area contributed by atoms with Gasteiger partial charge < -0.3 is 19.7 Å². The van der Waals surface area contributed by atoms with Crippen molar-refractivity contribution in [1.82, 2.24) is 15.1 Å². The second-order valence-electron chi connectivity index (χ2n) is 9.94. The van der Waals surface area contributed by atoms with Crippen LogP contribution < -0.4 is 5.32 Å². The smallest absolute Gasteiger partial charge is 0.410 e. The van der Waals surface area contributed by atoms with Gasteiger partial charge >= 0.3 is 12.1 Å². The van der Waals surface area contributed by atoms with Gasteiger partial charge in [0.2, 0.25) is 6.41 Å². The lowest BCUT2D eigenvalue weighted by atomic mass is 9.99. The molecule has 1 N–H and O–H groups in total. The summed E-state index contributed by atoms with van der Waals surface area (Å²) in [6.45, 7) is 2.75. The second-order valence-corrected chi connectivity index (χ2v) is 11.5. The SMILES string of the molecule is CC(OC(=O)N1CCCCC1)C1=C(C(=O)OC(c2ccccc2)c2ccccc2)N2C(=O)C(NC=O)[C@H]2S(=O)C1. The first-order valence-electron chi connectivity index (χ1n) is 13.3. The van der Waals surface area contributed by atoms with Crippen LogP contribution in [-0.2, 0) is 34.7 Å². The summed E-state index contributed by atoms with van der Waals surface area (Å²) in [6.07, 6.45) is 0.908. The lowest BCUT2D eigenvalue weighted by Crippen LogP contribution is -2.73. The Bertz CT molecular complexity index is 1290. The number of amides is 3. The molecule has 0 aromatic heterocycles. The van der Waals surface area contributed by atoms with Crippen LogP contribution in [0.2, 0.25) is 0 Å². The Labute approximate surface area is 234 Å². The molecule has 2 fully saturated rings. The minimum absolute atomic E-state index is 0.102. The molecule has 2 saturated heterocycles. The van der Waals surface area contributed by atoms with Crippen LogP contribution in [0.15, 0.2) is 71.9 Å². The standard InChI is InChI=1S/C29H31N3O7S/c1-19(38-29(36)31-15-9-4-10-16-31)22-17-40(37)27-23(30-18-33)26(34)32(27)24(22)28(35)39-25(20-11-5-2-6-12-20)21-13-7-3-8-14-21/h2-3,5-8,11-14,18-19,23,25,27H,4,9-10,15-17H2,1H3,(H,30,33)/t19?,23?,27-,40?/m1/s1. The molecular formula is C29H31N3O7S. The van der Waals surface area contributed by atoms with E-state index in [9.17, 15) is 23.4 Å². The third kappa shape index (κ3) is 5.38. The highest BCUT2D eigenvalue weighted by atomic mass is 32.2. The number of likely N-dealkylation sites (tertiary alicyclic amines) is 1. The number of nitrogens with one attached hydrogen (secondary N) is 1. The molecule has 3 heterocycles. The van der Waals surface area contributed by atoms with Gasteiger partial charge in [-0.2, -0.15) is 0 Å². The average molecular weight is 566 g/mol. The minimum Gasteiger partial charge on any atom is -0.448 e. The zero-order valence-electron chi connectivity index (χ0n) is 22.1. The number of fused-ring (bicyclic) bond motifs is 1. The average Bonchev–Trinajstić information content (AvgIpc) is 2.99. The first kappa shape index (κ1) is 27.6. The van der Waals surface area contributed by atoms with Gasteiger partial charge in [-0.15, -0.1) is 0 Å². The molecule has 5 rings (SSSR count).